The second kappa shape index (κ2) is 11.4. The Morgan fingerprint density at radius 1 is 0.861 bits per heavy atom. The summed E-state index contributed by atoms with van der Waals surface area (Å²) in [6, 6.07) is 17.4. The molecule has 0 bridgehead atoms. The molecule has 192 valence electrons. The van der Waals surface area contributed by atoms with E-state index in [-0.39, 0.29) is 0 Å². The number of likely N-dealkylation sites (tertiary alicyclic amines) is 1. The van der Waals surface area contributed by atoms with Crippen LogP contribution in [0.25, 0.3) is 10.9 Å². The Labute approximate surface area is 214 Å². The molecule has 7 nitrogen and oxygen atoms in total. The van der Waals surface area contributed by atoms with E-state index >= 15 is 0 Å². The predicted octanol–water partition coefficient (Wildman–Crippen LogP) is 4.94. The molecule has 2 fully saturated rings. The number of piperidine rings is 2. The normalized spacial score (nSPS) is 17.9. The zero-order chi connectivity index (χ0) is 24.9. The lowest BCUT2D eigenvalue weighted by Crippen LogP contribution is -2.39. The van der Waals surface area contributed by atoms with Crippen molar-refractivity contribution in [3.8, 4) is 11.5 Å². The highest BCUT2D eigenvalue weighted by Crippen LogP contribution is 2.37. The minimum Gasteiger partial charge on any atom is -0.493 e. The summed E-state index contributed by atoms with van der Waals surface area (Å²) in [5, 5.41) is 4.95. The molecule has 0 atom stereocenters. The van der Waals surface area contributed by atoms with Gasteiger partial charge in [-0.15, -0.1) is 0 Å². The number of hydrogen-bond acceptors (Lipinski definition) is 7. The molecule has 5 rings (SSSR count). The van der Waals surface area contributed by atoms with Gasteiger partial charge in [-0.2, -0.15) is 0 Å². The number of pyridine rings is 1. The van der Waals surface area contributed by atoms with Gasteiger partial charge in [-0.3, -0.25) is 4.90 Å². The Hall–Kier alpha value is -3.03. The Balaban J connectivity index is 1.37. The van der Waals surface area contributed by atoms with Crippen molar-refractivity contribution >= 4 is 22.4 Å². The molecule has 1 aromatic heterocycles. The SMILES string of the molecule is COc1cc2nc(N3CCC(OC)CC3)cc(NC3CCN(Cc4ccccc4)CC3)c2cc1OC. The van der Waals surface area contributed by atoms with Gasteiger partial charge >= 0.3 is 0 Å². The van der Waals surface area contributed by atoms with E-state index in [1.807, 2.05) is 6.07 Å². The molecule has 3 aromatic rings. The summed E-state index contributed by atoms with van der Waals surface area (Å²) in [7, 11) is 5.16. The van der Waals surface area contributed by atoms with Crippen LogP contribution in [0.2, 0.25) is 0 Å². The topological polar surface area (TPSA) is 59.1 Å². The zero-order valence-corrected chi connectivity index (χ0v) is 21.7. The summed E-state index contributed by atoms with van der Waals surface area (Å²) in [5.74, 6) is 2.43. The van der Waals surface area contributed by atoms with Crippen molar-refractivity contribution in [1.29, 1.82) is 0 Å². The molecular weight excluding hydrogens is 452 g/mol. The number of nitrogens with one attached hydrogen (secondary N) is 1. The number of hydrogen-bond donors (Lipinski definition) is 1. The monoisotopic (exact) mass is 490 g/mol. The molecule has 36 heavy (non-hydrogen) atoms. The maximum absolute atomic E-state index is 5.62. The molecule has 3 heterocycles. The molecule has 2 aliphatic heterocycles. The van der Waals surface area contributed by atoms with Crippen molar-refractivity contribution in [2.45, 2.75) is 44.4 Å². The van der Waals surface area contributed by atoms with Crippen molar-refractivity contribution < 1.29 is 14.2 Å². The van der Waals surface area contributed by atoms with Crippen LogP contribution in [-0.2, 0) is 11.3 Å². The Kier molecular flexibility index (Phi) is 7.78. The maximum atomic E-state index is 5.62. The highest BCUT2D eigenvalue weighted by molar-refractivity contribution is 5.95. The number of nitrogens with zero attached hydrogens (tertiary/aromatic N) is 3. The van der Waals surface area contributed by atoms with E-state index < -0.39 is 0 Å². The van der Waals surface area contributed by atoms with Crippen LogP contribution in [0.4, 0.5) is 11.5 Å². The van der Waals surface area contributed by atoms with Crippen LogP contribution < -0.4 is 19.7 Å². The summed E-state index contributed by atoms with van der Waals surface area (Å²) in [5.41, 5.74) is 3.42. The van der Waals surface area contributed by atoms with E-state index in [4.69, 9.17) is 19.2 Å². The lowest BCUT2D eigenvalue weighted by molar-refractivity contribution is 0.0818. The van der Waals surface area contributed by atoms with E-state index in [0.29, 0.717) is 17.9 Å². The first-order valence-electron chi connectivity index (χ1n) is 13.0. The summed E-state index contributed by atoms with van der Waals surface area (Å²) in [6.45, 7) is 5.09. The largest absolute Gasteiger partial charge is 0.493 e. The molecule has 0 amide bonds. The van der Waals surface area contributed by atoms with Gasteiger partial charge in [0.05, 0.1) is 25.8 Å². The number of fused-ring (bicyclic) bond motifs is 1. The van der Waals surface area contributed by atoms with Gasteiger partial charge in [0.25, 0.3) is 0 Å². The smallest absolute Gasteiger partial charge is 0.162 e. The van der Waals surface area contributed by atoms with Crippen LogP contribution in [-0.4, -0.2) is 69.5 Å². The molecule has 0 spiro atoms. The predicted molar refractivity (Wildman–Crippen MR) is 145 cm³/mol. The average Bonchev–Trinajstić information content (AvgIpc) is 2.94. The number of methoxy groups -OCH3 is 3. The average molecular weight is 491 g/mol. The van der Waals surface area contributed by atoms with Gasteiger partial charge in [0.1, 0.15) is 5.82 Å². The lowest BCUT2D eigenvalue weighted by atomic mass is 10.0. The lowest BCUT2D eigenvalue weighted by Gasteiger charge is -2.34. The summed E-state index contributed by atoms with van der Waals surface area (Å²) in [4.78, 5) is 9.98. The number of rotatable bonds is 8. The van der Waals surface area contributed by atoms with Crippen molar-refractivity contribution in [3.05, 3.63) is 54.1 Å². The summed E-state index contributed by atoms with van der Waals surface area (Å²) < 4.78 is 16.8. The number of anilines is 2. The molecule has 2 aromatic carbocycles. The van der Waals surface area contributed by atoms with Gasteiger partial charge in [0.2, 0.25) is 0 Å². The Morgan fingerprint density at radius 2 is 1.56 bits per heavy atom. The molecule has 0 aliphatic carbocycles. The highest BCUT2D eigenvalue weighted by atomic mass is 16.5. The number of ether oxygens (including phenoxy) is 3. The van der Waals surface area contributed by atoms with Gasteiger partial charge in [-0.05, 0) is 37.3 Å². The molecule has 2 saturated heterocycles. The first-order valence-corrected chi connectivity index (χ1v) is 13.0. The third-order valence-electron chi connectivity index (χ3n) is 7.60. The molecule has 7 heteroatoms. The van der Waals surface area contributed by atoms with Crippen LogP contribution in [0.15, 0.2) is 48.5 Å². The number of benzene rings is 2. The van der Waals surface area contributed by atoms with E-state index in [2.05, 4.69) is 57.6 Å². The van der Waals surface area contributed by atoms with Crippen LogP contribution >= 0.6 is 0 Å². The molecule has 2 aliphatic rings. The van der Waals surface area contributed by atoms with Gasteiger partial charge in [0.15, 0.2) is 11.5 Å². The molecule has 0 unspecified atom stereocenters. The van der Waals surface area contributed by atoms with Crippen LogP contribution in [0, 0.1) is 0 Å². The van der Waals surface area contributed by atoms with E-state index in [9.17, 15) is 0 Å². The third-order valence-corrected chi connectivity index (χ3v) is 7.60. The first kappa shape index (κ1) is 24.7. The second-order valence-electron chi connectivity index (χ2n) is 9.85. The summed E-state index contributed by atoms with van der Waals surface area (Å²) >= 11 is 0. The minimum absolute atomic E-state index is 0.338. The zero-order valence-electron chi connectivity index (χ0n) is 21.7. The summed E-state index contributed by atoms with van der Waals surface area (Å²) in [6.07, 6.45) is 4.59. The molecular formula is C29H38N4O3. The highest BCUT2D eigenvalue weighted by Gasteiger charge is 2.24. The quantitative estimate of drug-likeness (QED) is 0.480. The number of aromatic nitrogens is 1. The van der Waals surface area contributed by atoms with E-state index in [0.717, 1.165) is 86.6 Å². The molecule has 1 N–H and O–H groups in total. The second-order valence-corrected chi connectivity index (χ2v) is 9.85. The fourth-order valence-corrected chi connectivity index (χ4v) is 5.44. The minimum atomic E-state index is 0.338. The van der Waals surface area contributed by atoms with Crippen LogP contribution in [0.1, 0.15) is 31.2 Å². The van der Waals surface area contributed by atoms with Crippen molar-refractivity contribution in [2.24, 2.45) is 0 Å². The van der Waals surface area contributed by atoms with Crippen molar-refractivity contribution in [3.63, 3.8) is 0 Å². The van der Waals surface area contributed by atoms with Gasteiger partial charge in [-0.25, -0.2) is 4.98 Å². The maximum Gasteiger partial charge on any atom is 0.162 e. The Bertz CT molecular complexity index is 1140. The fourth-order valence-electron chi connectivity index (χ4n) is 5.44. The fraction of sp³-hybridized carbons (Fsp3) is 0.483. The van der Waals surface area contributed by atoms with Crippen LogP contribution in [0.5, 0.6) is 11.5 Å². The molecule has 0 radical (unpaired) electrons. The van der Waals surface area contributed by atoms with Crippen molar-refractivity contribution in [2.75, 3.05) is 57.7 Å². The van der Waals surface area contributed by atoms with Gasteiger partial charge in [0, 0.05) is 69.1 Å². The standard InChI is InChI=1S/C29H38N4O3/c1-34-23-11-15-33(16-12-23)29-19-26(24-17-27(35-2)28(36-3)18-25(24)31-29)30-22-9-13-32(14-10-22)20-21-7-5-4-6-8-21/h4-8,17-19,22-23H,9-16,20H2,1-3H3,(H,30,31). The van der Waals surface area contributed by atoms with Crippen LogP contribution in [0.3, 0.4) is 0 Å². The van der Waals surface area contributed by atoms with Gasteiger partial charge in [-0.1, -0.05) is 30.3 Å². The first-order chi connectivity index (χ1) is 17.7. The van der Waals surface area contributed by atoms with E-state index in [1.165, 1.54) is 5.56 Å². The Morgan fingerprint density at radius 3 is 2.22 bits per heavy atom. The van der Waals surface area contributed by atoms with Crippen molar-refractivity contribution in [1.82, 2.24) is 9.88 Å². The van der Waals surface area contributed by atoms with E-state index in [1.54, 1.807) is 21.3 Å². The van der Waals surface area contributed by atoms with Gasteiger partial charge < -0.3 is 24.4 Å². The molecule has 0 saturated carbocycles. The third kappa shape index (κ3) is 5.52.